The summed E-state index contributed by atoms with van der Waals surface area (Å²) in [7, 11) is -7.77. The van der Waals surface area contributed by atoms with E-state index in [1.165, 1.54) is 49.4 Å². The molecule has 3 rings (SSSR count). The van der Waals surface area contributed by atoms with E-state index in [1.807, 2.05) is 0 Å². The van der Waals surface area contributed by atoms with Crippen LogP contribution in [0.1, 0.15) is 6.92 Å². The van der Waals surface area contributed by atoms with Gasteiger partial charge in [-0.2, -0.15) is 0 Å². The van der Waals surface area contributed by atoms with E-state index in [2.05, 4.69) is 15.0 Å². The van der Waals surface area contributed by atoms with E-state index in [0.717, 1.165) is 11.3 Å². The molecule has 0 aliphatic carbocycles. The average Bonchev–Trinajstić information content (AvgIpc) is 2.94. The molecule has 2 aromatic carbocycles. The maximum absolute atomic E-state index is 12.5. The zero-order valence-electron chi connectivity index (χ0n) is 13.8. The van der Waals surface area contributed by atoms with E-state index in [9.17, 15) is 21.6 Å². The summed E-state index contributed by atoms with van der Waals surface area (Å²) in [6.45, 7) is 1.35. The quantitative estimate of drug-likeness (QED) is 0.565. The van der Waals surface area contributed by atoms with Crippen molar-refractivity contribution < 1.29 is 21.6 Å². The highest BCUT2D eigenvalue weighted by Gasteiger charge is 2.18. The predicted molar refractivity (Wildman–Crippen MR) is 103 cm³/mol. The summed E-state index contributed by atoms with van der Waals surface area (Å²) in [6, 6.07) is 9.71. The molecule has 0 fully saturated rings. The van der Waals surface area contributed by atoms with Gasteiger partial charge in [-0.3, -0.25) is 9.52 Å². The fraction of sp³-hybridized carbons (Fsp3) is 0.0667. The molecule has 3 aromatic rings. The average molecular weight is 427 g/mol. The summed E-state index contributed by atoms with van der Waals surface area (Å²) in [5.74, 6) is -0.267. The van der Waals surface area contributed by atoms with E-state index >= 15 is 0 Å². The Morgan fingerprint density at radius 3 is 2.26 bits per heavy atom. The topological polar surface area (TPSA) is 148 Å². The van der Waals surface area contributed by atoms with Crippen LogP contribution in [-0.2, 0) is 24.8 Å². The number of nitrogens with two attached hydrogens (primary N) is 1. The molecule has 0 saturated carbocycles. The second-order valence-corrected chi connectivity index (χ2v) is 9.78. The highest BCUT2D eigenvalue weighted by atomic mass is 32.2. The van der Waals surface area contributed by atoms with Crippen molar-refractivity contribution in [2.45, 2.75) is 16.7 Å². The second-order valence-electron chi connectivity index (χ2n) is 5.50. The number of hydrogen-bond donors (Lipinski definition) is 3. The number of primary sulfonamides is 1. The lowest BCUT2D eigenvalue weighted by Gasteiger charge is -2.06. The van der Waals surface area contributed by atoms with Gasteiger partial charge in [-0.05, 0) is 42.5 Å². The molecular weight excluding hydrogens is 412 g/mol. The lowest BCUT2D eigenvalue weighted by Crippen LogP contribution is -2.13. The number of fused-ring (bicyclic) bond motifs is 1. The molecule has 0 unspecified atom stereocenters. The fourth-order valence-electron chi connectivity index (χ4n) is 2.22. The minimum atomic E-state index is -3.90. The van der Waals surface area contributed by atoms with Gasteiger partial charge in [-0.25, -0.2) is 27.0 Å². The van der Waals surface area contributed by atoms with Gasteiger partial charge in [0.05, 0.1) is 20.0 Å². The summed E-state index contributed by atoms with van der Waals surface area (Å²) >= 11 is 0.982. The Balaban J connectivity index is 1.88. The minimum Gasteiger partial charge on any atom is -0.326 e. The normalized spacial score (nSPS) is 12.1. The Labute approximate surface area is 159 Å². The number of carbonyl (C=O) groups excluding carboxylic acids is 1. The van der Waals surface area contributed by atoms with Crippen molar-refractivity contribution in [2.24, 2.45) is 5.14 Å². The molecule has 1 heterocycles. The number of aromatic nitrogens is 1. The molecule has 0 saturated heterocycles. The Morgan fingerprint density at radius 2 is 1.67 bits per heavy atom. The maximum atomic E-state index is 12.5. The maximum Gasteiger partial charge on any atom is 0.263 e. The standard InChI is InChI=1S/C15H14N4O5S3/c1-9(20)17-10-2-4-11(5-3-10)27(23,24)19-15-18-13-7-6-12(26(16,21)22)8-14(13)25-15/h2-8H,1H3,(H,17,20)(H,18,19)(H2,16,21,22). The molecule has 0 aliphatic rings. The second kappa shape index (κ2) is 6.88. The molecule has 27 heavy (non-hydrogen) atoms. The number of sulfonamides is 2. The Kier molecular flexibility index (Phi) is 4.90. The van der Waals surface area contributed by atoms with Crippen LogP contribution in [0.2, 0.25) is 0 Å². The smallest absolute Gasteiger partial charge is 0.263 e. The van der Waals surface area contributed by atoms with Crippen molar-refractivity contribution in [2.75, 3.05) is 10.0 Å². The van der Waals surface area contributed by atoms with E-state index in [0.29, 0.717) is 15.9 Å². The molecule has 0 atom stereocenters. The van der Waals surface area contributed by atoms with E-state index < -0.39 is 20.0 Å². The van der Waals surface area contributed by atoms with Gasteiger partial charge in [0.2, 0.25) is 15.9 Å². The van der Waals surface area contributed by atoms with Crippen molar-refractivity contribution in [1.82, 2.24) is 4.98 Å². The number of anilines is 2. The molecule has 1 amide bonds. The van der Waals surface area contributed by atoms with Crippen LogP contribution in [0, 0.1) is 0 Å². The van der Waals surface area contributed by atoms with E-state index in [-0.39, 0.29) is 20.8 Å². The first-order valence-electron chi connectivity index (χ1n) is 7.38. The van der Waals surface area contributed by atoms with Crippen molar-refractivity contribution in [3.8, 4) is 0 Å². The van der Waals surface area contributed by atoms with Crippen LogP contribution < -0.4 is 15.2 Å². The molecular formula is C15H14N4O5S3. The largest absolute Gasteiger partial charge is 0.326 e. The molecule has 0 aliphatic heterocycles. The van der Waals surface area contributed by atoms with Crippen LogP contribution >= 0.6 is 11.3 Å². The highest BCUT2D eigenvalue weighted by molar-refractivity contribution is 7.93. The van der Waals surface area contributed by atoms with Crippen LogP contribution in [0.5, 0.6) is 0 Å². The van der Waals surface area contributed by atoms with Crippen LogP contribution in [-0.4, -0.2) is 27.7 Å². The SMILES string of the molecule is CC(=O)Nc1ccc(S(=O)(=O)Nc2nc3ccc(S(N)(=O)=O)cc3s2)cc1. The number of benzene rings is 2. The van der Waals surface area contributed by atoms with Crippen LogP contribution in [0.15, 0.2) is 52.3 Å². The number of rotatable bonds is 5. The van der Waals surface area contributed by atoms with Gasteiger partial charge < -0.3 is 5.32 Å². The Morgan fingerprint density at radius 1 is 1.04 bits per heavy atom. The van der Waals surface area contributed by atoms with Crippen LogP contribution in [0.4, 0.5) is 10.8 Å². The zero-order valence-corrected chi connectivity index (χ0v) is 16.3. The summed E-state index contributed by atoms with van der Waals surface area (Å²) in [6.07, 6.45) is 0. The molecule has 0 radical (unpaired) electrons. The minimum absolute atomic E-state index is 0.0129. The van der Waals surface area contributed by atoms with Gasteiger partial charge >= 0.3 is 0 Å². The molecule has 1 aromatic heterocycles. The molecule has 0 spiro atoms. The van der Waals surface area contributed by atoms with Gasteiger partial charge in [0.15, 0.2) is 5.13 Å². The number of hydrogen-bond acceptors (Lipinski definition) is 7. The third kappa shape index (κ3) is 4.42. The Hall–Kier alpha value is -2.54. The first-order chi connectivity index (χ1) is 12.5. The van der Waals surface area contributed by atoms with Crippen LogP contribution in [0.25, 0.3) is 10.2 Å². The number of nitrogens with zero attached hydrogens (tertiary/aromatic N) is 1. The molecule has 9 nitrogen and oxygen atoms in total. The lowest BCUT2D eigenvalue weighted by molar-refractivity contribution is -0.114. The van der Waals surface area contributed by atoms with Crippen molar-refractivity contribution in [1.29, 1.82) is 0 Å². The zero-order chi connectivity index (χ0) is 19.8. The molecule has 4 N–H and O–H groups in total. The number of amides is 1. The third-order valence-electron chi connectivity index (χ3n) is 3.40. The number of carbonyl (C=O) groups is 1. The highest BCUT2D eigenvalue weighted by Crippen LogP contribution is 2.29. The summed E-state index contributed by atoms with van der Waals surface area (Å²) < 4.78 is 50.6. The van der Waals surface area contributed by atoms with Gasteiger partial charge in [-0.1, -0.05) is 11.3 Å². The molecule has 0 bridgehead atoms. The van der Waals surface area contributed by atoms with Gasteiger partial charge in [-0.15, -0.1) is 0 Å². The molecule has 142 valence electrons. The van der Waals surface area contributed by atoms with Crippen molar-refractivity contribution in [3.63, 3.8) is 0 Å². The number of nitrogens with one attached hydrogen (secondary N) is 2. The van der Waals surface area contributed by atoms with Gasteiger partial charge in [0.25, 0.3) is 10.0 Å². The number of thiazole rings is 1. The van der Waals surface area contributed by atoms with E-state index in [1.54, 1.807) is 0 Å². The van der Waals surface area contributed by atoms with Crippen molar-refractivity contribution >= 4 is 58.3 Å². The summed E-state index contributed by atoms with van der Waals surface area (Å²) in [5.41, 5.74) is 0.906. The summed E-state index contributed by atoms with van der Waals surface area (Å²) in [5, 5.41) is 7.72. The Bertz CT molecular complexity index is 1230. The van der Waals surface area contributed by atoms with E-state index in [4.69, 9.17) is 5.14 Å². The van der Waals surface area contributed by atoms with Crippen LogP contribution in [0.3, 0.4) is 0 Å². The lowest BCUT2D eigenvalue weighted by atomic mass is 10.3. The third-order valence-corrected chi connectivity index (χ3v) is 6.72. The predicted octanol–water partition coefficient (Wildman–Crippen LogP) is 1.70. The first-order valence-corrected chi connectivity index (χ1v) is 11.2. The van der Waals surface area contributed by atoms with Gasteiger partial charge in [0, 0.05) is 12.6 Å². The monoisotopic (exact) mass is 426 g/mol. The van der Waals surface area contributed by atoms with Gasteiger partial charge in [0.1, 0.15) is 0 Å². The summed E-state index contributed by atoms with van der Waals surface area (Å²) in [4.78, 5) is 15.1. The fourth-order valence-corrected chi connectivity index (χ4v) is 4.97. The van der Waals surface area contributed by atoms with Crippen molar-refractivity contribution in [3.05, 3.63) is 42.5 Å². The molecule has 12 heteroatoms. The first kappa shape index (κ1) is 19.2.